The molecule has 2 aliphatic rings. The smallest absolute Gasteiger partial charge is 0.410 e. The minimum atomic E-state index is -0.580. The number of hydrogen-bond acceptors (Lipinski definition) is 10. The molecule has 0 radical (unpaired) electrons. The van der Waals surface area contributed by atoms with Crippen LogP contribution in [0, 0.1) is 0 Å². The second kappa shape index (κ2) is 13.8. The number of aromatic nitrogens is 5. The van der Waals surface area contributed by atoms with Crippen molar-refractivity contribution in [2.45, 2.75) is 103 Å². The van der Waals surface area contributed by atoms with Crippen LogP contribution in [0.1, 0.15) is 90.6 Å². The van der Waals surface area contributed by atoms with Crippen LogP contribution in [0.4, 0.5) is 9.59 Å². The van der Waals surface area contributed by atoms with Crippen molar-refractivity contribution in [1.82, 2.24) is 34.2 Å². The molecule has 0 bridgehead atoms. The summed E-state index contributed by atoms with van der Waals surface area (Å²) in [4.78, 5) is 46.9. The average Bonchev–Trinajstić information content (AvgIpc) is 3.43. The molecule has 2 amide bonds. The van der Waals surface area contributed by atoms with Crippen molar-refractivity contribution in [2.75, 3.05) is 26.2 Å². The van der Waals surface area contributed by atoms with Gasteiger partial charge in [-0.1, -0.05) is 0 Å². The van der Waals surface area contributed by atoms with E-state index in [-0.39, 0.29) is 30.1 Å². The van der Waals surface area contributed by atoms with Gasteiger partial charge in [0, 0.05) is 63.9 Å². The van der Waals surface area contributed by atoms with Gasteiger partial charge in [0.25, 0.3) is 0 Å². The highest BCUT2D eigenvalue weighted by Crippen LogP contribution is 2.28. The molecule has 2 atom stereocenters. The Morgan fingerprint density at radius 3 is 1.98 bits per heavy atom. The van der Waals surface area contributed by atoms with Gasteiger partial charge in [-0.05, 0) is 67.2 Å². The fourth-order valence-corrected chi connectivity index (χ4v) is 5.60. The third kappa shape index (κ3) is 9.13. The summed E-state index contributed by atoms with van der Waals surface area (Å²) in [6, 6.07) is 1.63. The molecule has 3 aromatic heterocycles. The molecule has 3 aromatic rings. The molecule has 256 valence electrons. The van der Waals surface area contributed by atoms with Crippen LogP contribution in [0.2, 0.25) is 0 Å². The summed E-state index contributed by atoms with van der Waals surface area (Å²) in [5.41, 5.74) is 0.852. The van der Waals surface area contributed by atoms with Crippen LogP contribution < -0.4 is 4.74 Å². The maximum Gasteiger partial charge on any atom is 0.410 e. The summed E-state index contributed by atoms with van der Waals surface area (Å²) in [5, 5.41) is 8.83. The Bertz CT molecular complexity index is 1590. The zero-order valence-corrected chi connectivity index (χ0v) is 28.5. The lowest BCUT2D eigenvalue weighted by molar-refractivity contribution is 0.0206. The zero-order valence-electron chi connectivity index (χ0n) is 28.5. The molecule has 5 heterocycles. The Kier molecular flexibility index (Phi) is 9.97. The quantitative estimate of drug-likeness (QED) is 0.265. The van der Waals surface area contributed by atoms with Crippen molar-refractivity contribution in [2.24, 2.45) is 7.05 Å². The number of carbonyl (C=O) groups is 3. The number of nitrogens with zero attached hydrogens (tertiary/aromatic N) is 7. The van der Waals surface area contributed by atoms with Gasteiger partial charge in [0.05, 0.1) is 18.1 Å². The predicted molar refractivity (Wildman–Crippen MR) is 172 cm³/mol. The molecule has 0 aliphatic carbocycles. The van der Waals surface area contributed by atoms with E-state index in [0.29, 0.717) is 69.0 Å². The lowest BCUT2D eigenvalue weighted by Gasteiger charge is -2.26. The number of likely N-dealkylation sites (tertiary alicyclic amines) is 2. The summed E-state index contributed by atoms with van der Waals surface area (Å²) in [7, 11) is 1.82. The third-order valence-corrected chi connectivity index (χ3v) is 7.84. The van der Waals surface area contributed by atoms with E-state index in [4.69, 9.17) is 23.9 Å². The highest BCUT2D eigenvalue weighted by Gasteiger charge is 2.29. The number of hydrogen-bond donors (Lipinski definition) is 0. The SMILES string of the molecule is Cn1cc(-c2cn3nc(C(=O)OC4CCCN(C(=O)OC(C)(C)C)CC4)cc3c(OC3CCCN(C(=O)OC(C)(C)C)CC3)n2)cn1. The molecule has 47 heavy (non-hydrogen) atoms. The van der Waals surface area contributed by atoms with Crippen LogP contribution in [-0.2, 0) is 21.3 Å². The van der Waals surface area contributed by atoms with E-state index in [2.05, 4.69) is 10.2 Å². The fraction of sp³-hybridized carbons (Fsp3) is 0.636. The second-order valence-electron chi connectivity index (χ2n) is 14.3. The monoisotopic (exact) mass is 653 g/mol. The van der Waals surface area contributed by atoms with Gasteiger partial charge in [-0.2, -0.15) is 10.2 Å². The first-order chi connectivity index (χ1) is 22.1. The molecule has 2 unspecified atom stereocenters. The van der Waals surface area contributed by atoms with Gasteiger partial charge in [0.1, 0.15) is 28.9 Å². The molecule has 2 aliphatic heterocycles. The van der Waals surface area contributed by atoms with E-state index in [1.807, 2.05) is 54.8 Å². The zero-order chi connectivity index (χ0) is 33.9. The molecule has 2 saturated heterocycles. The van der Waals surface area contributed by atoms with Gasteiger partial charge in [0.15, 0.2) is 5.69 Å². The Labute approximate surface area is 275 Å². The Hall–Kier alpha value is -4.36. The molecule has 5 rings (SSSR count). The van der Waals surface area contributed by atoms with Gasteiger partial charge in [0.2, 0.25) is 5.88 Å². The molecule has 0 N–H and O–H groups in total. The number of aryl methyl sites for hydroxylation is 1. The Morgan fingerprint density at radius 2 is 1.40 bits per heavy atom. The maximum absolute atomic E-state index is 13.4. The number of fused-ring (bicyclic) bond motifs is 1. The van der Waals surface area contributed by atoms with Crippen molar-refractivity contribution < 1.29 is 33.3 Å². The maximum atomic E-state index is 13.4. The predicted octanol–water partition coefficient (Wildman–Crippen LogP) is 5.24. The van der Waals surface area contributed by atoms with Gasteiger partial charge in [-0.15, -0.1) is 0 Å². The number of esters is 1. The lowest BCUT2D eigenvalue weighted by atomic mass is 10.1. The lowest BCUT2D eigenvalue weighted by Crippen LogP contribution is -2.37. The first-order valence-electron chi connectivity index (χ1n) is 16.4. The largest absolute Gasteiger partial charge is 0.473 e. The summed E-state index contributed by atoms with van der Waals surface area (Å²) >= 11 is 0. The molecule has 0 spiro atoms. The summed E-state index contributed by atoms with van der Waals surface area (Å²) in [6.07, 6.45) is 7.87. The molecule has 0 aromatic carbocycles. The van der Waals surface area contributed by atoms with Crippen molar-refractivity contribution in [3.63, 3.8) is 0 Å². The van der Waals surface area contributed by atoms with E-state index in [1.165, 1.54) is 0 Å². The van der Waals surface area contributed by atoms with Crippen LogP contribution in [0.3, 0.4) is 0 Å². The number of ether oxygens (including phenoxy) is 4. The molecule has 0 saturated carbocycles. The van der Waals surface area contributed by atoms with Crippen LogP contribution in [-0.4, -0.2) is 102 Å². The Balaban J connectivity index is 1.32. The number of amides is 2. The topological polar surface area (TPSA) is 143 Å². The van der Waals surface area contributed by atoms with Crippen LogP contribution >= 0.6 is 0 Å². The van der Waals surface area contributed by atoms with Crippen LogP contribution in [0.15, 0.2) is 24.7 Å². The van der Waals surface area contributed by atoms with E-state index in [1.54, 1.807) is 37.5 Å². The van der Waals surface area contributed by atoms with Gasteiger partial charge in [-0.25, -0.2) is 23.9 Å². The van der Waals surface area contributed by atoms with Gasteiger partial charge < -0.3 is 28.7 Å². The molecular formula is C33H47N7O7. The molecule has 2 fully saturated rings. The third-order valence-electron chi connectivity index (χ3n) is 7.84. The van der Waals surface area contributed by atoms with Gasteiger partial charge >= 0.3 is 18.2 Å². The highest BCUT2D eigenvalue weighted by atomic mass is 16.6. The van der Waals surface area contributed by atoms with Crippen LogP contribution in [0.25, 0.3) is 16.8 Å². The van der Waals surface area contributed by atoms with E-state index in [9.17, 15) is 14.4 Å². The van der Waals surface area contributed by atoms with E-state index < -0.39 is 17.2 Å². The highest BCUT2D eigenvalue weighted by molar-refractivity contribution is 5.89. The first kappa shape index (κ1) is 34.0. The Morgan fingerprint density at radius 1 is 0.809 bits per heavy atom. The van der Waals surface area contributed by atoms with Crippen molar-refractivity contribution >= 4 is 23.7 Å². The van der Waals surface area contributed by atoms with E-state index >= 15 is 0 Å². The number of carbonyl (C=O) groups excluding carboxylic acids is 3. The van der Waals surface area contributed by atoms with Crippen molar-refractivity contribution in [3.8, 4) is 17.1 Å². The minimum Gasteiger partial charge on any atom is -0.473 e. The fourth-order valence-electron chi connectivity index (χ4n) is 5.60. The van der Waals surface area contributed by atoms with Crippen molar-refractivity contribution in [3.05, 3.63) is 30.4 Å². The molecule has 14 nitrogen and oxygen atoms in total. The summed E-state index contributed by atoms with van der Waals surface area (Å²) < 4.78 is 26.8. The molecular weight excluding hydrogens is 606 g/mol. The average molecular weight is 654 g/mol. The second-order valence-corrected chi connectivity index (χ2v) is 14.3. The molecule has 14 heteroatoms. The van der Waals surface area contributed by atoms with E-state index in [0.717, 1.165) is 18.4 Å². The van der Waals surface area contributed by atoms with Crippen LogP contribution in [0.5, 0.6) is 5.88 Å². The standard InChI is InChI=1S/C33H47N7O7/c1-32(2,3)46-30(42)38-14-8-10-23(12-16-38)44-28-27-18-25(36-40(27)21-26(35-28)22-19-34-37(7)20-22)29(41)45-24-11-9-15-39(17-13-24)31(43)47-33(4,5)6/h18-21,23-24H,8-17H2,1-7H3. The first-order valence-corrected chi connectivity index (χ1v) is 16.4. The van der Waals surface area contributed by atoms with Gasteiger partial charge in [-0.3, -0.25) is 4.68 Å². The normalized spacial score (nSPS) is 19.6. The summed E-state index contributed by atoms with van der Waals surface area (Å²) in [5.74, 6) is -0.225. The van der Waals surface area contributed by atoms with Crippen molar-refractivity contribution in [1.29, 1.82) is 0 Å². The minimum absolute atomic E-state index is 0.130. The number of rotatable bonds is 5. The summed E-state index contributed by atoms with van der Waals surface area (Å²) in [6.45, 7) is 13.1.